The number of non-ortho nitro benzene ring substituents is 1. The van der Waals surface area contributed by atoms with Crippen molar-refractivity contribution < 1.29 is 14.5 Å². The van der Waals surface area contributed by atoms with Gasteiger partial charge in [-0.3, -0.25) is 14.9 Å². The van der Waals surface area contributed by atoms with Crippen LogP contribution in [0.3, 0.4) is 0 Å². The van der Waals surface area contributed by atoms with Crippen molar-refractivity contribution in [2.24, 2.45) is 0 Å². The zero-order valence-corrected chi connectivity index (χ0v) is 12.5. The van der Waals surface area contributed by atoms with Gasteiger partial charge in [0.1, 0.15) is 5.75 Å². The molecule has 114 valence electrons. The van der Waals surface area contributed by atoms with Crippen LogP contribution in [-0.2, 0) is 0 Å². The van der Waals surface area contributed by atoms with E-state index in [2.05, 4.69) is 13.8 Å². The number of hydrogen-bond donors (Lipinski definition) is 0. The highest BCUT2D eigenvalue weighted by Gasteiger charge is 2.10. The first-order valence-electron chi connectivity index (χ1n) is 6.98. The fourth-order valence-electron chi connectivity index (χ4n) is 1.97. The van der Waals surface area contributed by atoms with Gasteiger partial charge < -0.3 is 4.74 Å². The monoisotopic (exact) mass is 299 g/mol. The second-order valence-electron chi connectivity index (χ2n) is 5.24. The number of nitrogens with zero attached hydrogens (tertiary/aromatic N) is 1. The molecule has 0 aromatic heterocycles. The highest BCUT2D eigenvalue weighted by Crippen LogP contribution is 2.19. The summed E-state index contributed by atoms with van der Waals surface area (Å²) in [7, 11) is 0. The lowest BCUT2D eigenvalue weighted by molar-refractivity contribution is -0.384. The Morgan fingerprint density at radius 3 is 2.45 bits per heavy atom. The molecule has 0 aliphatic rings. The molecule has 0 amide bonds. The van der Waals surface area contributed by atoms with Gasteiger partial charge in [0.05, 0.1) is 11.0 Å². The Morgan fingerprint density at radius 2 is 1.86 bits per heavy atom. The van der Waals surface area contributed by atoms with Crippen molar-refractivity contribution in [3.8, 4) is 5.75 Å². The SMILES string of the molecule is CC(C)c1ccc(C(=O)COc2cccc([N+](=O)[O-])c2)cc1. The minimum Gasteiger partial charge on any atom is -0.485 e. The molecule has 0 N–H and O–H groups in total. The molecule has 0 atom stereocenters. The molecule has 0 spiro atoms. The topological polar surface area (TPSA) is 69.4 Å². The number of rotatable bonds is 6. The Labute approximate surface area is 128 Å². The smallest absolute Gasteiger partial charge is 0.273 e. The minimum atomic E-state index is -0.501. The Kier molecular flexibility index (Phi) is 4.88. The van der Waals surface area contributed by atoms with Gasteiger partial charge in [-0.1, -0.05) is 44.2 Å². The molecule has 0 fully saturated rings. The summed E-state index contributed by atoms with van der Waals surface area (Å²) in [6.45, 7) is 4.02. The van der Waals surface area contributed by atoms with Crippen molar-refractivity contribution in [2.45, 2.75) is 19.8 Å². The summed E-state index contributed by atoms with van der Waals surface area (Å²) in [6.07, 6.45) is 0. The molecule has 22 heavy (non-hydrogen) atoms. The van der Waals surface area contributed by atoms with Crippen molar-refractivity contribution in [2.75, 3.05) is 6.61 Å². The first-order chi connectivity index (χ1) is 10.5. The molecule has 5 nitrogen and oxygen atoms in total. The maximum atomic E-state index is 12.1. The number of hydrogen-bond acceptors (Lipinski definition) is 4. The lowest BCUT2D eigenvalue weighted by atomic mass is 10.0. The summed E-state index contributed by atoms with van der Waals surface area (Å²) >= 11 is 0. The van der Waals surface area contributed by atoms with Crippen molar-refractivity contribution in [1.82, 2.24) is 0 Å². The number of Topliss-reactive ketones (excluding diaryl/α,β-unsaturated/α-hetero) is 1. The highest BCUT2D eigenvalue weighted by atomic mass is 16.6. The average molecular weight is 299 g/mol. The molecular formula is C17H17NO4. The molecule has 2 aromatic carbocycles. The van der Waals surface area contributed by atoms with Crippen LogP contribution < -0.4 is 4.74 Å². The van der Waals surface area contributed by atoms with Crippen LogP contribution in [0.25, 0.3) is 0 Å². The van der Waals surface area contributed by atoms with Crippen LogP contribution in [0.15, 0.2) is 48.5 Å². The lowest BCUT2D eigenvalue weighted by Gasteiger charge is -2.08. The van der Waals surface area contributed by atoms with Crippen LogP contribution >= 0.6 is 0 Å². The Morgan fingerprint density at radius 1 is 1.18 bits per heavy atom. The van der Waals surface area contributed by atoms with E-state index in [9.17, 15) is 14.9 Å². The van der Waals surface area contributed by atoms with Crippen molar-refractivity contribution in [1.29, 1.82) is 0 Å². The first-order valence-corrected chi connectivity index (χ1v) is 6.98. The largest absolute Gasteiger partial charge is 0.485 e. The van der Waals surface area contributed by atoms with Gasteiger partial charge in [0.2, 0.25) is 0 Å². The molecule has 0 aliphatic carbocycles. The summed E-state index contributed by atoms with van der Waals surface area (Å²) in [5.74, 6) is 0.549. The summed E-state index contributed by atoms with van der Waals surface area (Å²) in [6, 6.07) is 13.2. The Hall–Kier alpha value is -2.69. The maximum absolute atomic E-state index is 12.1. The molecule has 0 unspecified atom stereocenters. The third-order valence-corrected chi connectivity index (χ3v) is 3.30. The predicted octanol–water partition coefficient (Wildman–Crippen LogP) is 3.98. The molecule has 0 saturated carbocycles. The van der Waals surface area contributed by atoms with Gasteiger partial charge in [-0.15, -0.1) is 0 Å². The number of nitro groups is 1. The Balaban J connectivity index is 2.00. The molecule has 2 aromatic rings. The zero-order chi connectivity index (χ0) is 16.1. The van der Waals surface area contributed by atoms with Crippen LogP contribution in [-0.4, -0.2) is 17.3 Å². The van der Waals surface area contributed by atoms with E-state index in [4.69, 9.17) is 4.74 Å². The summed E-state index contributed by atoms with van der Waals surface area (Å²) in [5.41, 5.74) is 1.66. The lowest BCUT2D eigenvalue weighted by Crippen LogP contribution is -2.11. The van der Waals surface area contributed by atoms with Crippen LogP contribution in [0.5, 0.6) is 5.75 Å². The normalized spacial score (nSPS) is 10.5. The fourth-order valence-corrected chi connectivity index (χ4v) is 1.97. The van der Waals surface area contributed by atoms with E-state index in [1.54, 1.807) is 18.2 Å². The predicted molar refractivity (Wildman–Crippen MR) is 83.5 cm³/mol. The second kappa shape index (κ2) is 6.85. The van der Waals surface area contributed by atoms with E-state index in [1.165, 1.54) is 18.2 Å². The number of ether oxygens (including phenoxy) is 1. The van der Waals surface area contributed by atoms with Crippen molar-refractivity contribution in [3.63, 3.8) is 0 Å². The number of benzene rings is 2. The van der Waals surface area contributed by atoms with E-state index in [-0.39, 0.29) is 18.1 Å². The van der Waals surface area contributed by atoms with Crippen molar-refractivity contribution in [3.05, 3.63) is 69.8 Å². The number of carbonyl (C=O) groups excluding carboxylic acids is 1. The van der Waals surface area contributed by atoms with Gasteiger partial charge in [0.15, 0.2) is 12.4 Å². The first kappa shape index (κ1) is 15.7. The quantitative estimate of drug-likeness (QED) is 0.459. The maximum Gasteiger partial charge on any atom is 0.273 e. The van der Waals surface area contributed by atoms with Gasteiger partial charge in [-0.25, -0.2) is 0 Å². The number of carbonyl (C=O) groups is 1. The van der Waals surface area contributed by atoms with Gasteiger partial charge >= 0.3 is 0 Å². The molecule has 0 saturated heterocycles. The second-order valence-corrected chi connectivity index (χ2v) is 5.24. The summed E-state index contributed by atoms with van der Waals surface area (Å²) in [4.78, 5) is 22.2. The molecule has 0 heterocycles. The molecule has 0 radical (unpaired) electrons. The van der Waals surface area contributed by atoms with Gasteiger partial charge in [0, 0.05) is 11.6 Å². The molecule has 0 aliphatic heterocycles. The Bertz CT molecular complexity index is 677. The molecule has 2 rings (SSSR count). The van der Waals surface area contributed by atoms with Crippen LogP contribution in [0.4, 0.5) is 5.69 Å². The van der Waals surface area contributed by atoms with E-state index in [0.717, 1.165) is 5.56 Å². The third-order valence-electron chi connectivity index (χ3n) is 3.30. The van der Waals surface area contributed by atoms with Crippen LogP contribution in [0.2, 0.25) is 0 Å². The fraction of sp³-hybridized carbons (Fsp3) is 0.235. The van der Waals surface area contributed by atoms with Gasteiger partial charge in [-0.2, -0.15) is 0 Å². The van der Waals surface area contributed by atoms with E-state index in [1.807, 2.05) is 12.1 Å². The molecule has 0 bridgehead atoms. The minimum absolute atomic E-state index is 0.0637. The van der Waals surface area contributed by atoms with Gasteiger partial charge in [0.25, 0.3) is 5.69 Å². The van der Waals surface area contributed by atoms with Crippen LogP contribution in [0.1, 0.15) is 35.7 Å². The number of nitro benzene ring substituents is 1. The summed E-state index contributed by atoms with van der Waals surface area (Å²) < 4.78 is 5.34. The number of ketones is 1. The highest BCUT2D eigenvalue weighted by molar-refractivity contribution is 5.97. The van der Waals surface area contributed by atoms with Gasteiger partial charge in [-0.05, 0) is 17.5 Å². The standard InChI is InChI=1S/C17H17NO4/c1-12(2)13-6-8-14(9-7-13)17(19)11-22-16-5-3-4-15(10-16)18(20)21/h3-10,12H,11H2,1-2H3. The molecule has 5 heteroatoms. The van der Waals surface area contributed by atoms with E-state index >= 15 is 0 Å². The van der Waals surface area contributed by atoms with E-state index < -0.39 is 4.92 Å². The van der Waals surface area contributed by atoms with E-state index in [0.29, 0.717) is 17.2 Å². The zero-order valence-electron chi connectivity index (χ0n) is 12.5. The molecular weight excluding hydrogens is 282 g/mol. The average Bonchev–Trinajstić information content (AvgIpc) is 2.53. The van der Waals surface area contributed by atoms with Crippen molar-refractivity contribution >= 4 is 11.5 Å². The summed E-state index contributed by atoms with van der Waals surface area (Å²) in [5, 5.41) is 10.7. The third kappa shape index (κ3) is 3.91. The van der Waals surface area contributed by atoms with Crippen LogP contribution in [0, 0.1) is 10.1 Å².